The van der Waals surface area contributed by atoms with E-state index in [1.807, 2.05) is 17.8 Å². The zero-order valence-electron chi connectivity index (χ0n) is 14.3. The summed E-state index contributed by atoms with van der Waals surface area (Å²) >= 11 is 0. The van der Waals surface area contributed by atoms with Gasteiger partial charge in [0.2, 0.25) is 0 Å². The van der Waals surface area contributed by atoms with Gasteiger partial charge in [-0.2, -0.15) is 5.10 Å². The van der Waals surface area contributed by atoms with Gasteiger partial charge in [0.15, 0.2) is 11.6 Å². The van der Waals surface area contributed by atoms with Gasteiger partial charge in [-0.05, 0) is 50.9 Å². The van der Waals surface area contributed by atoms with Gasteiger partial charge in [-0.15, -0.1) is 0 Å². The Kier molecular flexibility index (Phi) is 4.39. The highest BCUT2D eigenvalue weighted by Gasteiger charge is 2.30. The van der Waals surface area contributed by atoms with Crippen LogP contribution in [-0.4, -0.2) is 28.3 Å². The first kappa shape index (κ1) is 16.0. The Hall–Kier alpha value is -1.88. The minimum absolute atomic E-state index is 0.297. The third kappa shape index (κ3) is 2.98. The highest BCUT2D eigenvalue weighted by atomic mass is 19.1. The van der Waals surface area contributed by atoms with E-state index in [-0.39, 0.29) is 5.82 Å². The fraction of sp³-hybridized carbons (Fsp3) is 0.500. The van der Waals surface area contributed by atoms with E-state index in [0.717, 1.165) is 37.2 Å². The van der Waals surface area contributed by atoms with Crippen molar-refractivity contribution in [3.8, 4) is 5.75 Å². The van der Waals surface area contributed by atoms with Gasteiger partial charge in [0.05, 0.1) is 12.8 Å². The Morgan fingerprint density at radius 2 is 2.13 bits per heavy atom. The Bertz CT molecular complexity index is 711. The number of likely N-dealkylation sites (tertiary alicyclic amines) is 1. The molecule has 3 rings (SSSR count). The van der Waals surface area contributed by atoms with Crippen molar-refractivity contribution in [1.29, 1.82) is 0 Å². The van der Waals surface area contributed by atoms with Crippen LogP contribution in [0.1, 0.15) is 41.4 Å². The maximum Gasteiger partial charge on any atom is 0.165 e. The summed E-state index contributed by atoms with van der Waals surface area (Å²) in [5.74, 6) is 0.000144. The molecule has 4 nitrogen and oxygen atoms in total. The molecule has 0 radical (unpaired) electrons. The second kappa shape index (κ2) is 6.32. The van der Waals surface area contributed by atoms with E-state index in [9.17, 15) is 4.39 Å². The van der Waals surface area contributed by atoms with Crippen LogP contribution in [0.3, 0.4) is 0 Å². The van der Waals surface area contributed by atoms with E-state index < -0.39 is 0 Å². The molecule has 0 amide bonds. The van der Waals surface area contributed by atoms with Crippen LogP contribution in [0.25, 0.3) is 0 Å². The minimum Gasteiger partial charge on any atom is -0.494 e. The van der Waals surface area contributed by atoms with Crippen molar-refractivity contribution in [2.75, 3.05) is 13.7 Å². The second-order valence-electron chi connectivity index (χ2n) is 6.31. The first-order chi connectivity index (χ1) is 11.0. The van der Waals surface area contributed by atoms with Crippen molar-refractivity contribution in [3.05, 3.63) is 46.5 Å². The molecule has 0 bridgehead atoms. The second-order valence-corrected chi connectivity index (χ2v) is 6.31. The van der Waals surface area contributed by atoms with Crippen LogP contribution in [-0.2, 0) is 13.6 Å². The minimum atomic E-state index is -0.297. The summed E-state index contributed by atoms with van der Waals surface area (Å²) in [4.78, 5) is 2.43. The number of aryl methyl sites for hydroxylation is 2. The van der Waals surface area contributed by atoms with Crippen molar-refractivity contribution >= 4 is 0 Å². The summed E-state index contributed by atoms with van der Waals surface area (Å²) in [5.41, 5.74) is 4.64. The van der Waals surface area contributed by atoms with Crippen LogP contribution in [0.5, 0.6) is 5.75 Å². The highest BCUT2D eigenvalue weighted by Crippen LogP contribution is 2.36. The quantitative estimate of drug-likeness (QED) is 0.864. The zero-order chi connectivity index (χ0) is 16.6. The van der Waals surface area contributed by atoms with Crippen molar-refractivity contribution in [2.45, 2.75) is 39.3 Å². The molecule has 1 unspecified atom stereocenters. The van der Waals surface area contributed by atoms with Gasteiger partial charge in [0.1, 0.15) is 0 Å². The molecule has 0 N–H and O–H groups in total. The number of rotatable bonds is 4. The Balaban J connectivity index is 1.83. The van der Waals surface area contributed by atoms with Gasteiger partial charge in [-0.1, -0.05) is 6.07 Å². The van der Waals surface area contributed by atoms with E-state index in [1.165, 1.54) is 18.4 Å². The zero-order valence-corrected chi connectivity index (χ0v) is 14.3. The summed E-state index contributed by atoms with van der Waals surface area (Å²) in [6, 6.07) is 5.60. The number of methoxy groups -OCH3 is 1. The molecule has 1 atom stereocenters. The number of nitrogens with zero attached hydrogens (tertiary/aromatic N) is 3. The predicted molar refractivity (Wildman–Crippen MR) is 88.0 cm³/mol. The van der Waals surface area contributed by atoms with Gasteiger partial charge in [0.25, 0.3) is 0 Å². The maximum absolute atomic E-state index is 13.9. The number of benzene rings is 1. The van der Waals surface area contributed by atoms with Crippen LogP contribution in [0.15, 0.2) is 18.2 Å². The normalized spacial score (nSPS) is 18.6. The molecule has 1 saturated heterocycles. The average Bonchev–Trinajstić information content (AvgIpc) is 3.04. The van der Waals surface area contributed by atoms with Crippen LogP contribution >= 0.6 is 0 Å². The number of hydrogen-bond acceptors (Lipinski definition) is 3. The monoisotopic (exact) mass is 317 g/mol. The molecular formula is C18H24FN3O. The van der Waals surface area contributed by atoms with E-state index >= 15 is 0 Å². The highest BCUT2D eigenvalue weighted by molar-refractivity contribution is 5.31. The van der Waals surface area contributed by atoms with E-state index in [2.05, 4.69) is 23.8 Å². The lowest BCUT2D eigenvalue weighted by molar-refractivity contribution is 0.246. The lowest BCUT2D eigenvalue weighted by Gasteiger charge is -2.25. The smallest absolute Gasteiger partial charge is 0.165 e. The Labute approximate surface area is 136 Å². The standard InChI is InChI=1S/C18H24FN3O/c1-12-18(13(2)21(3)20-12)16-6-5-9-22(16)11-14-7-8-17(23-4)15(19)10-14/h7-8,10,16H,5-6,9,11H2,1-4H3. The van der Waals surface area contributed by atoms with Crippen LogP contribution in [0.4, 0.5) is 4.39 Å². The van der Waals surface area contributed by atoms with Gasteiger partial charge in [0, 0.05) is 30.9 Å². The molecule has 1 fully saturated rings. The fourth-order valence-electron chi connectivity index (χ4n) is 3.66. The SMILES string of the molecule is COc1ccc(CN2CCCC2c2c(C)nn(C)c2C)cc1F. The third-order valence-corrected chi connectivity index (χ3v) is 4.86. The lowest BCUT2D eigenvalue weighted by Crippen LogP contribution is -2.23. The summed E-state index contributed by atoms with van der Waals surface area (Å²) in [5, 5.41) is 4.55. The van der Waals surface area contributed by atoms with E-state index in [0.29, 0.717) is 11.8 Å². The topological polar surface area (TPSA) is 30.3 Å². The summed E-state index contributed by atoms with van der Waals surface area (Å²) in [6.45, 7) is 5.98. The van der Waals surface area contributed by atoms with Gasteiger partial charge in [-0.25, -0.2) is 4.39 Å². The molecule has 124 valence electrons. The van der Waals surface area contributed by atoms with Crippen molar-refractivity contribution in [2.24, 2.45) is 7.05 Å². The molecule has 0 spiro atoms. The predicted octanol–water partition coefficient (Wildman–Crippen LogP) is 3.52. The molecule has 1 aromatic carbocycles. The maximum atomic E-state index is 13.9. The molecule has 0 saturated carbocycles. The molecule has 5 heteroatoms. The van der Waals surface area contributed by atoms with Crippen molar-refractivity contribution in [1.82, 2.24) is 14.7 Å². The Morgan fingerprint density at radius 1 is 1.35 bits per heavy atom. The molecule has 1 aromatic heterocycles. The largest absolute Gasteiger partial charge is 0.494 e. The molecular weight excluding hydrogens is 293 g/mol. The molecule has 23 heavy (non-hydrogen) atoms. The van der Waals surface area contributed by atoms with Gasteiger partial charge in [-0.3, -0.25) is 9.58 Å². The molecule has 1 aliphatic heterocycles. The van der Waals surface area contributed by atoms with Crippen molar-refractivity contribution < 1.29 is 9.13 Å². The van der Waals surface area contributed by atoms with Crippen LogP contribution in [0, 0.1) is 19.7 Å². The number of ether oxygens (including phenoxy) is 1. The Morgan fingerprint density at radius 3 is 2.74 bits per heavy atom. The number of aromatic nitrogens is 2. The number of hydrogen-bond donors (Lipinski definition) is 0. The summed E-state index contributed by atoms with van der Waals surface area (Å²) in [6.07, 6.45) is 2.29. The summed E-state index contributed by atoms with van der Waals surface area (Å²) < 4.78 is 20.9. The average molecular weight is 317 g/mol. The van der Waals surface area contributed by atoms with Crippen LogP contribution in [0.2, 0.25) is 0 Å². The first-order valence-corrected chi connectivity index (χ1v) is 8.07. The lowest BCUT2D eigenvalue weighted by atomic mass is 10.0. The molecule has 0 aliphatic carbocycles. The third-order valence-electron chi connectivity index (χ3n) is 4.86. The first-order valence-electron chi connectivity index (χ1n) is 8.07. The van der Waals surface area contributed by atoms with Crippen LogP contribution < -0.4 is 4.74 Å². The number of halogens is 1. The molecule has 2 aromatic rings. The van der Waals surface area contributed by atoms with Gasteiger partial charge >= 0.3 is 0 Å². The van der Waals surface area contributed by atoms with Crippen molar-refractivity contribution in [3.63, 3.8) is 0 Å². The van der Waals surface area contributed by atoms with E-state index in [4.69, 9.17) is 4.74 Å². The summed E-state index contributed by atoms with van der Waals surface area (Å²) in [7, 11) is 3.48. The van der Waals surface area contributed by atoms with Gasteiger partial charge < -0.3 is 4.74 Å². The molecule has 2 heterocycles. The van der Waals surface area contributed by atoms with E-state index in [1.54, 1.807) is 12.1 Å². The molecule has 1 aliphatic rings. The fourth-order valence-corrected chi connectivity index (χ4v) is 3.66.